The predicted octanol–water partition coefficient (Wildman–Crippen LogP) is 3.01. The molecule has 0 aliphatic carbocycles. The van der Waals surface area contributed by atoms with Gasteiger partial charge >= 0.3 is 5.97 Å². The molecule has 6 heteroatoms. The van der Waals surface area contributed by atoms with Gasteiger partial charge in [0, 0.05) is 30.0 Å². The molecule has 1 saturated heterocycles. The van der Waals surface area contributed by atoms with E-state index in [1.807, 2.05) is 54.7 Å². The van der Waals surface area contributed by atoms with E-state index in [1.54, 1.807) is 0 Å². The first kappa shape index (κ1) is 16.2. The van der Waals surface area contributed by atoms with Crippen molar-refractivity contribution in [1.82, 2.24) is 5.32 Å². The summed E-state index contributed by atoms with van der Waals surface area (Å²) in [5, 5.41) is 11.5. The smallest absolute Gasteiger partial charge is 0.303 e. The first-order valence-electron chi connectivity index (χ1n) is 6.89. The lowest BCUT2D eigenvalue weighted by atomic mass is 10.1. The molecule has 1 aliphatic heterocycles. The fourth-order valence-electron chi connectivity index (χ4n) is 2.08. The first-order chi connectivity index (χ1) is 10.1. The van der Waals surface area contributed by atoms with Crippen molar-refractivity contribution in [1.29, 1.82) is 0 Å². The van der Waals surface area contributed by atoms with Gasteiger partial charge in [-0.1, -0.05) is 19.1 Å². The SMILES string of the molecule is CC(CNC(=O)c1ccc(C2SCCS2)cc1)CC(=O)O. The number of carbonyl (C=O) groups is 2. The maximum absolute atomic E-state index is 12.0. The Morgan fingerprint density at radius 3 is 2.48 bits per heavy atom. The Hall–Kier alpha value is -1.14. The third-order valence-electron chi connectivity index (χ3n) is 3.20. The summed E-state index contributed by atoms with van der Waals surface area (Å²) in [7, 11) is 0. The zero-order chi connectivity index (χ0) is 15.2. The Kier molecular flexibility index (Phi) is 5.99. The Morgan fingerprint density at radius 2 is 1.90 bits per heavy atom. The van der Waals surface area contributed by atoms with Gasteiger partial charge in [-0.3, -0.25) is 9.59 Å². The molecule has 1 heterocycles. The largest absolute Gasteiger partial charge is 0.481 e. The monoisotopic (exact) mass is 325 g/mol. The van der Waals surface area contributed by atoms with E-state index >= 15 is 0 Å². The lowest BCUT2D eigenvalue weighted by Gasteiger charge is -2.12. The Balaban J connectivity index is 1.86. The first-order valence-corrected chi connectivity index (χ1v) is 8.99. The molecular formula is C15H19NO3S2. The standard InChI is InChI=1S/C15H19NO3S2/c1-10(8-13(17)18)9-16-14(19)11-2-4-12(5-3-11)15-20-6-7-21-15/h2-5,10,15H,6-9H2,1H3,(H,16,19)(H,17,18). The van der Waals surface area contributed by atoms with Gasteiger partial charge in [0.15, 0.2) is 0 Å². The molecule has 4 nitrogen and oxygen atoms in total. The summed E-state index contributed by atoms with van der Waals surface area (Å²) in [6.07, 6.45) is 0.0648. The minimum atomic E-state index is -0.840. The van der Waals surface area contributed by atoms with E-state index < -0.39 is 5.97 Å². The number of carbonyl (C=O) groups excluding carboxylic acids is 1. The number of aliphatic carboxylic acids is 1. The maximum Gasteiger partial charge on any atom is 0.303 e. The van der Waals surface area contributed by atoms with E-state index in [1.165, 1.54) is 17.1 Å². The van der Waals surface area contributed by atoms with Crippen LogP contribution in [0, 0.1) is 5.92 Å². The normalized spacial score (nSPS) is 16.6. The minimum absolute atomic E-state index is 0.0648. The van der Waals surface area contributed by atoms with Crippen LogP contribution in [0.4, 0.5) is 0 Å². The Labute approximate surface area is 133 Å². The van der Waals surface area contributed by atoms with Crippen LogP contribution in [0.1, 0.15) is 33.8 Å². The highest BCUT2D eigenvalue weighted by Crippen LogP contribution is 2.45. The van der Waals surface area contributed by atoms with Gasteiger partial charge in [-0.15, -0.1) is 23.5 Å². The van der Waals surface area contributed by atoms with E-state index in [2.05, 4.69) is 5.32 Å². The second-order valence-corrected chi connectivity index (χ2v) is 7.83. The van der Waals surface area contributed by atoms with Crippen LogP contribution in [0.2, 0.25) is 0 Å². The van der Waals surface area contributed by atoms with Crippen molar-refractivity contribution in [3.63, 3.8) is 0 Å². The average molecular weight is 325 g/mol. The van der Waals surface area contributed by atoms with Crippen molar-refractivity contribution in [2.75, 3.05) is 18.1 Å². The summed E-state index contributed by atoms with van der Waals surface area (Å²) in [5.41, 5.74) is 1.87. The molecule has 0 radical (unpaired) electrons. The molecular weight excluding hydrogens is 306 g/mol. The van der Waals surface area contributed by atoms with Gasteiger partial charge in [0.1, 0.15) is 0 Å². The molecule has 1 aromatic carbocycles. The van der Waals surface area contributed by atoms with Gasteiger partial charge in [-0.05, 0) is 23.6 Å². The van der Waals surface area contributed by atoms with Crippen LogP contribution >= 0.6 is 23.5 Å². The maximum atomic E-state index is 12.0. The quantitative estimate of drug-likeness (QED) is 0.841. The van der Waals surface area contributed by atoms with Crippen LogP contribution in [0.3, 0.4) is 0 Å². The minimum Gasteiger partial charge on any atom is -0.481 e. The van der Waals surface area contributed by atoms with Gasteiger partial charge < -0.3 is 10.4 Å². The van der Waals surface area contributed by atoms with Crippen molar-refractivity contribution in [2.24, 2.45) is 5.92 Å². The number of amides is 1. The van der Waals surface area contributed by atoms with Crippen LogP contribution in [-0.4, -0.2) is 35.0 Å². The number of hydrogen-bond acceptors (Lipinski definition) is 4. The molecule has 1 aromatic rings. The molecule has 1 aliphatic rings. The van der Waals surface area contributed by atoms with Crippen LogP contribution in [0.25, 0.3) is 0 Å². The van der Waals surface area contributed by atoms with Crippen molar-refractivity contribution in [3.05, 3.63) is 35.4 Å². The number of hydrogen-bond donors (Lipinski definition) is 2. The molecule has 0 spiro atoms. The highest BCUT2D eigenvalue weighted by atomic mass is 32.2. The van der Waals surface area contributed by atoms with Crippen molar-refractivity contribution in [3.8, 4) is 0 Å². The highest BCUT2D eigenvalue weighted by molar-refractivity contribution is 8.19. The topological polar surface area (TPSA) is 66.4 Å². The van der Waals surface area contributed by atoms with Crippen molar-refractivity contribution in [2.45, 2.75) is 17.9 Å². The molecule has 21 heavy (non-hydrogen) atoms. The number of carboxylic acids is 1. The average Bonchev–Trinajstić information content (AvgIpc) is 2.98. The van der Waals surface area contributed by atoms with Gasteiger partial charge in [-0.25, -0.2) is 0 Å². The molecule has 1 atom stereocenters. The van der Waals surface area contributed by atoms with E-state index in [-0.39, 0.29) is 18.2 Å². The van der Waals surface area contributed by atoms with Crippen molar-refractivity contribution >= 4 is 35.4 Å². The summed E-state index contributed by atoms with van der Waals surface area (Å²) in [6, 6.07) is 7.69. The van der Waals surface area contributed by atoms with Crippen molar-refractivity contribution < 1.29 is 14.7 Å². The summed E-state index contributed by atoms with van der Waals surface area (Å²) in [4.78, 5) is 22.6. The van der Waals surface area contributed by atoms with E-state index in [0.29, 0.717) is 16.7 Å². The van der Waals surface area contributed by atoms with E-state index in [0.717, 1.165) is 0 Å². The highest BCUT2D eigenvalue weighted by Gasteiger charge is 2.18. The van der Waals surface area contributed by atoms with E-state index in [4.69, 9.17) is 5.11 Å². The molecule has 0 aromatic heterocycles. The molecule has 1 amide bonds. The van der Waals surface area contributed by atoms with Gasteiger partial charge in [0.2, 0.25) is 0 Å². The summed E-state index contributed by atoms with van der Waals surface area (Å²) in [6.45, 7) is 2.19. The number of thioether (sulfide) groups is 2. The zero-order valence-electron chi connectivity index (χ0n) is 11.9. The van der Waals surface area contributed by atoms with Gasteiger partial charge in [0.25, 0.3) is 5.91 Å². The molecule has 1 unspecified atom stereocenters. The van der Waals surface area contributed by atoms with Crippen LogP contribution in [-0.2, 0) is 4.79 Å². The Bertz CT molecular complexity index is 498. The fraction of sp³-hybridized carbons (Fsp3) is 0.467. The van der Waals surface area contributed by atoms with E-state index in [9.17, 15) is 9.59 Å². The second-order valence-electron chi connectivity index (χ2n) is 5.11. The summed E-state index contributed by atoms with van der Waals surface area (Å²) < 4.78 is 0.484. The molecule has 0 bridgehead atoms. The third kappa shape index (κ3) is 4.97. The van der Waals surface area contributed by atoms with Gasteiger partial charge in [0.05, 0.1) is 4.58 Å². The number of nitrogens with one attached hydrogen (secondary N) is 1. The lowest BCUT2D eigenvalue weighted by Crippen LogP contribution is -2.29. The number of carboxylic acid groups (broad SMARTS) is 1. The number of benzene rings is 1. The summed E-state index contributed by atoms with van der Waals surface area (Å²) in [5.74, 6) is 1.30. The molecule has 2 rings (SSSR count). The van der Waals surface area contributed by atoms with Gasteiger partial charge in [-0.2, -0.15) is 0 Å². The Morgan fingerprint density at radius 1 is 1.29 bits per heavy atom. The second kappa shape index (κ2) is 7.75. The fourth-order valence-corrected chi connectivity index (χ4v) is 4.94. The zero-order valence-corrected chi connectivity index (χ0v) is 13.5. The number of rotatable bonds is 6. The predicted molar refractivity (Wildman–Crippen MR) is 87.8 cm³/mol. The van der Waals surface area contributed by atoms with Crippen LogP contribution in [0.15, 0.2) is 24.3 Å². The molecule has 2 N–H and O–H groups in total. The molecule has 1 fully saturated rings. The summed E-state index contributed by atoms with van der Waals surface area (Å²) >= 11 is 3.87. The third-order valence-corrected chi connectivity index (χ3v) is 6.31. The molecule has 0 saturated carbocycles. The lowest BCUT2D eigenvalue weighted by molar-refractivity contribution is -0.137. The van der Waals surface area contributed by atoms with Crippen LogP contribution < -0.4 is 5.32 Å². The van der Waals surface area contributed by atoms with Crippen LogP contribution in [0.5, 0.6) is 0 Å². The molecule has 114 valence electrons.